The van der Waals surface area contributed by atoms with Crippen LogP contribution < -0.4 is 5.32 Å². The molecule has 1 aromatic rings. The van der Waals surface area contributed by atoms with Crippen LogP contribution in [0.25, 0.3) is 0 Å². The van der Waals surface area contributed by atoms with Crippen LogP contribution in [0.4, 0.5) is 0 Å². The Balaban J connectivity index is 2.61. The Kier molecular flexibility index (Phi) is 3.62. The van der Waals surface area contributed by atoms with Gasteiger partial charge in [-0.25, -0.2) is 0 Å². The smallest absolute Gasteiger partial charge is 0.252 e. The van der Waals surface area contributed by atoms with E-state index in [1.807, 2.05) is 6.92 Å². The molecule has 0 aromatic carbocycles. The lowest BCUT2D eigenvalue weighted by Gasteiger charge is -2.15. The SMILES string of the molecule is Cc1ccc(C(=O)NCC(C)(C)C#N)cn1. The molecule has 16 heavy (non-hydrogen) atoms. The number of nitriles is 1. The average molecular weight is 217 g/mol. The predicted molar refractivity (Wildman–Crippen MR) is 60.7 cm³/mol. The molecule has 0 radical (unpaired) electrons. The first-order valence-electron chi connectivity index (χ1n) is 5.07. The maximum Gasteiger partial charge on any atom is 0.252 e. The van der Waals surface area contributed by atoms with Gasteiger partial charge in [0, 0.05) is 18.4 Å². The van der Waals surface area contributed by atoms with E-state index < -0.39 is 5.41 Å². The number of carbonyl (C=O) groups excluding carboxylic acids is 1. The van der Waals surface area contributed by atoms with Gasteiger partial charge in [0.15, 0.2) is 0 Å². The first-order valence-corrected chi connectivity index (χ1v) is 5.07. The van der Waals surface area contributed by atoms with Crippen LogP contribution in [0, 0.1) is 23.7 Å². The van der Waals surface area contributed by atoms with E-state index in [9.17, 15) is 4.79 Å². The monoisotopic (exact) mass is 217 g/mol. The second kappa shape index (κ2) is 4.75. The van der Waals surface area contributed by atoms with Gasteiger partial charge in [-0.05, 0) is 32.9 Å². The molecule has 4 nitrogen and oxygen atoms in total. The fraction of sp³-hybridized carbons (Fsp3) is 0.417. The molecule has 0 aliphatic heterocycles. The third kappa shape index (κ3) is 3.35. The molecule has 0 fully saturated rings. The van der Waals surface area contributed by atoms with Crippen molar-refractivity contribution < 1.29 is 4.79 Å². The van der Waals surface area contributed by atoms with Crippen molar-refractivity contribution in [1.82, 2.24) is 10.3 Å². The van der Waals surface area contributed by atoms with Gasteiger partial charge < -0.3 is 5.32 Å². The number of amides is 1. The van der Waals surface area contributed by atoms with Crippen LogP contribution in [0.2, 0.25) is 0 Å². The summed E-state index contributed by atoms with van der Waals surface area (Å²) >= 11 is 0. The van der Waals surface area contributed by atoms with E-state index in [4.69, 9.17) is 5.26 Å². The molecular weight excluding hydrogens is 202 g/mol. The maximum absolute atomic E-state index is 11.7. The van der Waals surface area contributed by atoms with Crippen LogP contribution in [-0.4, -0.2) is 17.4 Å². The quantitative estimate of drug-likeness (QED) is 0.837. The van der Waals surface area contributed by atoms with Crippen LogP contribution >= 0.6 is 0 Å². The van der Waals surface area contributed by atoms with E-state index in [0.717, 1.165) is 5.69 Å². The van der Waals surface area contributed by atoms with Crippen LogP contribution in [0.5, 0.6) is 0 Å². The molecule has 0 spiro atoms. The number of rotatable bonds is 3. The summed E-state index contributed by atoms with van der Waals surface area (Å²) < 4.78 is 0. The Labute approximate surface area is 95.3 Å². The second-order valence-corrected chi connectivity index (χ2v) is 4.37. The number of pyridine rings is 1. The van der Waals surface area contributed by atoms with Crippen LogP contribution in [0.15, 0.2) is 18.3 Å². The van der Waals surface area contributed by atoms with Gasteiger partial charge in [0.1, 0.15) is 0 Å². The minimum atomic E-state index is -0.548. The lowest BCUT2D eigenvalue weighted by molar-refractivity contribution is 0.0943. The Morgan fingerprint density at radius 1 is 1.56 bits per heavy atom. The molecular formula is C12H15N3O. The van der Waals surface area contributed by atoms with Crippen molar-refractivity contribution in [3.8, 4) is 6.07 Å². The van der Waals surface area contributed by atoms with E-state index in [1.165, 1.54) is 6.20 Å². The lowest BCUT2D eigenvalue weighted by atomic mass is 9.96. The molecule has 0 aliphatic rings. The highest BCUT2D eigenvalue weighted by atomic mass is 16.1. The normalized spacial score (nSPS) is 10.6. The molecule has 0 saturated carbocycles. The molecule has 1 N–H and O–H groups in total. The highest BCUT2D eigenvalue weighted by Gasteiger charge is 2.18. The minimum Gasteiger partial charge on any atom is -0.350 e. The number of aryl methyl sites for hydroxylation is 1. The van der Waals surface area contributed by atoms with Gasteiger partial charge in [-0.1, -0.05) is 0 Å². The van der Waals surface area contributed by atoms with Crippen molar-refractivity contribution in [1.29, 1.82) is 5.26 Å². The molecule has 0 atom stereocenters. The Hall–Kier alpha value is -1.89. The van der Waals surface area contributed by atoms with Crippen molar-refractivity contribution in [3.63, 3.8) is 0 Å². The molecule has 84 valence electrons. The third-order valence-corrected chi connectivity index (χ3v) is 2.17. The molecule has 1 heterocycles. The average Bonchev–Trinajstić information content (AvgIpc) is 2.27. The van der Waals surface area contributed by atoms with E-state index in [0.29, 0.717) is 12.1 Å². The highest BCUT2D eigenvalue weighted by molar-refractivity contribution is 5.93. The summed E-state index contributed by atoms with van der Waals surface area (Å²) in [5, 5.41) is 11.5. The number of carbonyl (C=O) groups is 1. The number of nitrogens with one attached hydrogen (secondary N) is 1. The maximum atomic E-state index is 11.7. The summed E-state index contributed by atoms with van der Waals surface area (Å²) in [4.78, 5) is 15.7. The fourth-order valence-corrected chi connectivity index (χ4v) is 1.04. The fourth-order valence-electron chi connectivity index (χ4n) is 1.04. The summed E-state index contributed by atoms with van der Waals surface area (Å²) in [6.45, 7) is 5.75. The largest absolute Gasteiger partial charge is 0.350 e. The summed E-state index contributed by atoms with van der Waals surface area (Å²) in [5.41, 5.74) is 0.835. The first-order chi connectivity index (χ1) is 7.44. The molecule has 0 bridgehead atoms. The third-order valence-electron chi connectivity index (χ3n) is 2.17. The summed E-state index contributed by atoms with van der Waals surface area (Å²) in [6, 6.07) is 5.63. The number of hydrogen-bond acceptors (Lipinski definition) is 3. The number of nitrogens with zero attached hydrogens (tertiary/aromatic N) is 2. The van der Waals surface area contributed by atoms with Gasteiger partial charge in [0.25, 0.3) is 5.91 Å². The predicted octanol–water partition coefficient (Wildman–Crippen LogP) is 1.67. The van der Waals surface area contributed by atoms with E-state index in [2.05, 4.69) is 16.4 Å². The summed E-state index contributed by atoms with van der Waals surface area (Å²) in [6.07, 6.45) is 1.53. The van der Waals surface area contributed by atoms with Crippen molar-refractivity contribution in [3.05, 3.63) is 29.6 Å². The van der Waals surface area contributed by atoms with Gasteiger partial charge >= 0.3 is 0 Å². The van der Waals surface area contributed by atoms with Crippen molar-refractivity contribution >= 4 is 5.91 Å². The van der Waals surface area contributed by atoms with E-state index in [-0.39, 0.29) is 5.91 Å². The number of hydrogen-bond donors (Lipinski definition) is 1. The molecule has 0 aliphatic carbocycles. The topological polar surface area (TPSA) is 65.8 Å². The zero-order valence-corrected chi connectivity index (χ0v) is 9.74. The van der Waals surface area contributed by atoms with Gasteiger partial charge in [0.2, 0.25) is 0 Å². The summed E-state index contributed by atoms with van der Waals surface area (Å²) in [7, 11) is 0. The van der Waals surface area contributed by atoms with Crippen molar-refractivity contribution in [2.75, 3.05) is 6.54 Å². The zero-order valence-electron chi connectivity index (χ0n) is 9.74. The molecule has 0 saturated heterocycles. The second-order valence-electron chi connectivity index (χ2n) is 4.37. The zero-order chi connectivity index (χ0) is 12.2. The van der Waals surface area contributed by atoms with Gasteiger partial charge in [-0.2, -0.15) is 5.26 Å². The van der Waals surface area contributed by atoms with Gasteiger partial charge in [-0.3, -0.25) is 9.78 Å². The van der Waals surface area contributed by atoms with Gasteiger partial charge in [-0.15, -0.1) is 0 Å². The molecule has 4 heteroatoms. The molecule has 0 unspecified atom stereocenters. The van der Waals surface area contributed by atoms with E-state index in [1.54, 1.807) is 26.0 Å². The minimum absolute atomic E-state index is 0.198. The Morgan fingerprint density at radius 3 is 2.75 bits per heavy atom. The highest BCUT2D eigenvalue weighted by Crippen LogP contribution is 2.11. The van der Waals surface area contributed by atoms with Crippen LogP contribution in [0.1, 0.15) is 29.9 Å². The van der Waals surface area contributed by atoms with E-state index >= 15 is 0 Å². The van der Waals surface area contributed by atoms with Crippen molar-refractivity contribution in [2.24, 2.45) is 5.41 Å². The summed E-state index contributed by atoms with van der Waals surface area (Å²) in [5.74, 6) is -0.198. The van der Waals surface area contributed by atoms with Crippen LogP contribution in [0.3, 0.4) is 0 Å². The van der Waals surface area contributed by atoms with Gasteiger partial charge in [0.05, 0.1) is 17.0 Å². The standard InChI is InChI=1S/C12H15N3O/c1-9-4-5-10(6-14-9)11(16)15-8-12(2,3)7-13/h4-6H,8H2,1-3H3,(H,15,16). The molecule has 1 amide bonds. The van der Waals surface area contributed by atoms with Crippen molar-refractivity contribution in [2.45, 2.75) is 20.8 Å². The Morgan fingerprint density at radius 2 is 2.25 bits per heavy atom. The Bertz CT molecular complexity index is 415. The van der Waals surface area contributed by atoms with Crippen LogP contribution in [-0.2, 0) is 0 Å². The molecule has 1 rings (SSSR count). The lowest BCUT2D eigenvalue weighted by Crippen LogP contribution is -2.33. The molecule has 1 aromatic heterocycles. The first kappa shape index (κ1) is 12.2. The number of aromatic nitrogens is 1.